The van der Waals surface area contributed by atoms with Gasteiger partial charge in [-0.3, -0.25) is 19.2 Å². The van der Waals surface area contributed by atoms with Crippen LogP contribution in [0.15, 0.2) is 48.5 Å². The summed E-state index contributed by atoms with van der Waals surface area (Å²) >= 11 is 6.13. The van der Waals surface area contributed by atoms with E-state index < -0.39 is 41.3 Å². The molecule has 2 aliphatic rings. The normalized spacial score (nSPS) is 21.8. The first-order valence-electron chi connectivity index (χ1n) is 14.7. The molecular weight excluding hydrogens is 572 g/mol. The summed E-state index contributed by atoms with van der Waals surface area (Å²) in [5.41, 5.74) is 7.93. The van der Waals surface area contributed by atoms with Gasteiger partial charge in [-0.15, -0.1) is 0 Å². The van der Waals surface area contributed by atoms with Gasteiger partial charge in [0, 0.05) is 25.2 Å². The monoisotopic (exact) mass is 612 g/mol. The van der Waals surface area contributed by atoms with Crippen LogP contribution < -0.4 is 16.4 Å². The average Bonchev–Trinajstić information content (AvgIpc) is 3.40. The molecule has 0 bridgehead atoms. The van der Waals surface area contributed by atoms with Crippen molar-refractivity contribution in [2.24, 2.45) is 11.7 Å². The van der Waals surface area contributed by atoms with Crippen LogP contribution in [-0.4, -0.2) is 78.1 Å². The van der Waals surface area contributed by atoms with Crippen LogP contribution in [0.5, 0.6) is 0 Å². The molecule has 1 heterocycles. The van der Waals surface area contributed by atoms with E-state index in [9.17, 15) is 24.3 Å². The molecule has 4 rings (SSSR count). The Balaban J connectivity index is 1.63. The predicted molar refractivity (Wildman–Crippen MR) is 163 cm³/mol. The number of halogens is 1. The lowest BCUT2D eigenvalue weighted by Crippen LogP contribution is -2.65. The number of carbonyl (C=O) groups is 4. The SMILES string of the molecule is COC[C@H](NC(=O)[C@H](C)N)C(=O)N[C@@]1(Cc2ccc(Cl)cc2)CCCN(C(=O)[C@@H](CC(=O)O)[C@H]2CCc3ccccc32)C1. The Bertz CT molecular complexity index is 1320. The molecule has 0 saturated carbocycles. The predicted octanol–water partition coefficient (Wildman–Crippen LogP) is 2.66. The number of carbonyl (C=O) groups excluding carboxylic acids is 3. The zero-order chi connectivity index (χ0) is 31.1. The number of aliphatic carboxylic acids is 1. The van der Waals surface area contributed by atoms with Gasteiger partial charge in [-0.05, 0) is 73.8 Å². The van der Waals surface area contributed by atoms with Gasteiger partial charge < -0.3 is 31.1 Å². The second-order valence-corrected chi connectivity index (χ2v) is 12.2. The third-order valence-electron chi connectivity index (χ3n) is 8.49. The first kappa shape index (κ1) is 32.4. The fraction of sp³-hybridized carbons (Fsp3) is 0.500. The van der Waals surface area contributed by atoms with Crippen LogP contribution >= 0.6 is 11.6 Å². The standard InChI is InChI=1S/C32H41ClN4O6/c1-20(34)29(40)35-27(18-43-2)30(41)36-32(17-21-8-11-23(33)12-9-21)14-5-15-37(19-32)31(42)26(16-28(38)39)25-13-10-22-6-3-4-7-24(22)25/h3-4,6-9,11-12,20,25-27H,5,10,13-19,34H2,1-2H3,(H,35,40)(H,36,41)(H,38,39)/t20-,25-,26-,27-,32+/m0/s1. The molecule has 3 amide bonds. The van der Waals surface area contributed by atoms with E-state index in [1.807, 2.05) is 36.4 Å². The van der Waals surface area contributed by atoms with Crippen LogP contribution in [0.25, 0.3) is 0 Å². The maximum absolute atomic E-state index is 14.2. The molecule has 10 nitrogen and oxygen atoms in total. The summed E-state index contributed by atoms with van der Waals surface area (Å²) in [6, 6.07) is 13.4. The molecule has 5 atom stereocenters. The molecule has 0 spiro atoms. The summed E-state index contributed by atoms with van der Waals surface area (Å²) in [6.07, 6.45) is 2.81. The van der Waals surface area contributed by atoms with Gasteiger partial charge in [0.25, 0.3) is 0 Å². The van der Waals surface area contributed by atoms with E-state index >= 15 is 0 Å². The number of carboxylic acid groups (broad SMARTS) is 1. The Labute approximate surface area is 257 Å². The minimum absolute atomic E-state index is 0.0638. The Morgan fingerprint density at radius 2 is 1.86 bits per heavy atom. The highest BCUT2D eigenvalue weighted by atomic mass is 35.5. The van der Waals surface area contributed by atoms with Crippen LogP contribution in [0.4, 0.5) is 0 Å². The number of rotatable bonds is 12. The molecule has 0 unspecified atom stereocenters. The minimum Gasteiger partial charge on any atom is -0.481 e. The van der Waals surface area contributed by atoms with Crippen molar-refractivity contribution in [3.63, 3.8) is 0 Å². The first-order chi connectivity index (χ1) is 20.5. The van der Waals surface area contributed by atoms with Gasteiger partial charge in [-0.25, -0.2) is 0 Å². The van der Waals surface area contributed by atoms with Crippen molar-refractivity contribution in [3.05, 3.63) is 70.2 Å². The van der Waals surface area contributed by atoms with Crippen LogP contribution in [0, 0.1) is 5.92 Å². The van der Waals surface area contributed by atoms with Crippen LogP contribution in [-0.2, 0) is 36.8 Å². The second kappa shape index (κ2) is 14.3. The van der Waals surface area contributed by atoms with Crippen molar-refractivity contribution >= 4 is 35.3 Å². The van der Waals surface area contributed by atoms with Crippen LogP contribution in [0.3, 0.4) is 0 Å². The quantitative estimate of drug-likeness (QED) is 0.288. The molecule has 1 saturated heterocycles. The summed E-state index contributed by atoms with van der Waals surface area (Å²) in [5, 5.41) is 16.2. The molecule has 2 aromatic rings. The number of ether oxygens (including phenoxy) is 1. The lowest BCUT2D eigenvalue weighted by atomic mass is 9.80. The van der Waals surface area contributed by atoms with Crippen molar-refractivity contribution in [1.29, 1.82) is 0 Å². The highest BCUT2D eigenvalue weighted by Gasteiger charge is 2.44. The van der Waals surface area contributed by atoms with E-state index in [-0.39, 0.29) is 31.4 Å². The van der Waals surface area contributed by atoms with E-state index in [4.69, 9.17) is 22.1 Å². The molecule has 1 fully saturated rings. The van der Waals surface area contributed by atoms with Gasteiger partial charge in [-0.2, -0.15) is 0 Å². The number of nitrogens with two attached hydrogens (primary N) is 1. The summed E-state index contributed by atoms with van der Waals surface area (Å²) in [7, 11) is 1.44. The number of benzene rings is 2. The Kier molecular flexibility index (Phi) is 10.8. The van der Waals surface area contributed by atoms with E-state index in [2.05, 4.69) is 10.6 Å². The van der Waals surface area contributed by atoms with Crippen molar-refractivity contribution in [2.45, 2.75) is 69.0 Å². The molecule has 11 heteroatoms. The van der Waals surface area contributed by atoms with Gasteiger partial charge in [0.1, 0.15) is 6.04 Å². The molecular formula is C32H41ClN4O6. The maximum Gasteiger partial charge on any atom is 0.304 e. The zero-order valence-electron chi connectivity index (χ0n) is 24.7. The second-order valence-electron chi connectivity index (χ2n) is 11.8. The van der Waals surface area contributed by atoms with Crippen LogP contribution in [0.1, 0.15) is 55.2 Å². The Hall–Kier alpha value is -3.47. The van der Waals surface area contributed by atoms with Gasteiger partial charge in [0.2, 0.25) is 17.7 Å². The highest BCUT2D eigenvalue weighted by Crippen LogP contribution is 2.41. The van der Waals surface area contributed by atoms with E-state index in [1.54, 1.807) is 17.0 Å². The highest BCUT2D eigenvalue weighted by molar-refractivity contribution is 6.30. The number of nitrogens with zero attached hydrogens (tertiary/aromatic N) is 1. The molecule has 1 aliphatic carbocycles. The third kappa shape index (κ3) is 8.13. The first-order valence-corrected chi connectivity index (χ1v) is 15.1. The number of likely N-dealkylation sites (tertiary alicyclic amines) is 1. The van der Waals surface area contributed by atoms with Gasteiger partial charge >= 0.3 is 5.97 Å². The van der Waals surface area contributed by atoms with Gasteiger partial charge in [0.15, 0.2) is 0 Å². The van der Waals surface area contributed by atoms with E-state index in [0.29, 0.717) is 37.3 Å². The number of carboxylic acids is 1. The summed E-state index contributed by atoms with van der Waals surface area (Å²) in [5.74, 6) is -3.11. The maximum atomic E-state index is 14.2. The summed E-state index contributed by atoms with van der Waals surface area (Å²) < 4.78 is 5.22. The zero-order valence-corrected chi connectivity index (χ0v) is 25.4. The number of aryl methyl sites for hydroxylation is 1. The topological polar surface area (TPSA) is 151 Å². The molecule has 5 N–H and O–H groups in total. The minimum atomic E-state index is -1.02. The Morgan fingerprint density at radius 3 is 2.53 bits per heavy atom. The lowest BCUT2D eigenvalue weighted by Gasteiger charge is -2.45. The number of hydrogen-bond donors (Lipinski definition) is 4. The molecule has 232 valence electrons. The van der Waals surface area contributed by atoms with Crippen molar-refractivity contribution < 1.29 is 29.0 Å². The Morgan fingerprint density at radius 1 is 1.14 bits per heavy atom. The third-order valence-corrected chi connectivity index (χ3v) is 8.74. The largest absolute Gasteiger partial charge is 0.481 e. The smallest absolute Gasteiger partial charge is 0.304 e. The number of fused-ring (bicyclic) bond motifs is 1. The van der Waals surface area contributed by atoms with Crippen molar-refractivity contribution in [1.82, 2.24) is 15.5 Å². The molecule has 1 aliphatic heterocycles. The number of hydrogen-bond acceptors (Lipinski definition) is 6. The van der Waals surface area contributed by atoms with Crippen molar-refractivity contribution in [3.8, 4) is 0 Å². The van der Waals surface area contributed by atoms with Crippen LogP contribution in [0.2, 0.25) is 5.02 Å². The summed E-state index contributed by atoms with van der Waals surface area (Å²) in [6.45, 7) is 2.10. The number of nitrogens with one attached hydrogen (secondary N) is 2. The number of amides is 3. The van der Waals surface area contributed by atoms with E-state index in [1.165, 1.54) is 14.0 Å². The number of methoxy groups -OCH3 is 1. The fourth-order valence-electron chi connectivity index (χ4n) is 6.44. The molecule has 2 aromatic carbocycles. The fourth-order valence-corrected chi connectivity index (χ4v) is 6.56. The number of piperidine rings is 1. The van der Waals surface area contributed by atoms with E-state index in [0.717, 1.165) is 23.1 Å². The molecule has 0 aromatic heterocycles. The molecule has 0 radical (unpaired) electrons. The average molecular weight is 613 g/mol. The van der Waals surface area contributed by atoms with Gasteiger partial charge in [0.05, 0.1) is 30.5 Å². The van der Waals surface area contributed by atoms with Crippen molar-refractivity contribution in [2.75, 3.05) is 26.8 Å². The lowest BCUT2D eigenvalue weighted by molar-refractivity contribution is -0.147. The summed E-state index contributed by atoms with van der Waals surface area (Å²) in [4.78, 5) is 53.9. The molecule has 43 heavy (non-hydrogen) atoms. The van der Waals surface area contributed by atoms with Gasteiger partial charge in [-0.1, -0.05) is 48.0 Å².